The van der Waals surface area contributed by atoms with Crippen molar-refractivity contribution in [3.63, 3.8) is 0 Å². The molecule has 232 valence electrons. The van der Waals surface area contributed by atoms with E-state index in [0.29, 0.717) is 5.75 Å². The van der Waals surface area contributed by atoms with E-state index < -0.39 is 33.2 Å². The molecule has 0 aliphatic rings. The van der Waals surface area contributed by atoms with Crippen LogP contribution in [0, 0.1) is 11.6 Å². The lowest BCUT2D eigenvalue weighted by Gasteiger charge is -2.34. The minimum atomic E-state index is -3.87. The Kier molecular flexibility index (Phi) is 11.3. The third-order valence-corrected chi connectivity index (χ3v) is 7.79. The van der Waals surface area contributed by atoms with Gasteiger partial charge in [-0.3, -0.25) is 13.9 Å². The van der Waals surface area contributed by atoms with E-state index in [0.717, 1.165) is 33.8 Å². The van der Waals surface area contributed by atoms with Gasteiger partial charge >= 0.3 is 0 Å². The number of nitrogens with zero attached hydrogens (tertiary/aromatic N) is 2. The number of benzene rings is 3. The van der Waals surface area contributed by atoms with Gasteiger partial charge in [0.25, 0.3) is 0 Å². The Morgan fingerprint density at radius 2 is 1.60 bits per heavy atom. The average molecular weight is 616 g/mol. The number of anilines is 1. The van der Waals surface area contributed by atoms with Crippen molar-refractivity contribution < 1.29 is 31.5 Å². The lowest BCUT2D eigenvalue weighted by molar-refractivity contribution is -0.142. The summed E-state index contributed by atoms with van der Waals surface area (Å²) in [5.41, 5.74) is 1.00. The summed E-state index contributed by atoms with van der Waals surface area (Å²) in [6.45, 7) is 5.52. The molecule has 0 aromatic heterocycles. The van der Waals surface area contributed by atoms with Gasteiger partial charge in [-0.15, -0.1) is 0 Å². The van der Waals surface area contributed by atoms with Gasteiger partial charge in [-0.05, 0) is 62.6 Å². The van der Waals surface area contributed by atoms with Gasteiger partial charge in [0.15, 0.2) is 11.6 Å². The fourth-order valence-corrected chi connectivity index (χ4v) is 5.58. The van der Waals surface area contributed by atoms with Crippen molar-refractivity contribution in [1.29, 1.82) is 0 Å². The lowest BCUT2D eigenvalue weighted by atomic mass is 10.00. The van der Waals surface area contributed by atoms with Crippen LogP contribution in [0.25, 0.3) is 0 Å². The van der Waals surface area contributed by atoms with Crippen LogP contribution in [-0.4, -0.2) is 56.6 Å². The molecule has 1 atom stereocenters. The molecule has 0 aliphatic heterocycles. The van der Waals surface area contributed by atoms with Crippen LogP contribution in [0.1, 0.15) is 44.7 Å². The third-order valence-electron chi connectivity index (χ3n) is 6.60. The summed E-state index contributed by atoms with van der Waals surface area (Å²) < 4.78 is 58.7. The summed E-state index contributed by atoms with van der Waals surface area (Å²) in [5.74, 6) is -2.38. The van der Waals surface area contributed by atoms with Crippen LogP contribution in [0.4, 0.5) is 14.5 Å². The van der Waals surface area contributed by atoms with E-state index in [4.69, 9.17) is 4.74 Å². The summed E-state index contributed by atoms with van der Waals surface area (Å²) in [5, 5.41) is 3.00. The van der Waals surface area contributed by atoms with Gasteiger partial charge in [0.05, 0.1) is 19.1 Å². The largest absolute Gasteiger partial charge is 0.497 e. The first-order chi connectivity index (χ1) is 20.2. The molecule has 0 fully saturated rings. The first-order valence-corrected chi connectivity index (χ1v) is 15.7. The second-order valence-electron chi connectivity index (χ2n) is 11.4. The van der Waals surface area contributed by atoms with Crippen molar-refractivity contribution in [2.45, 2.75) is 58.2 Å². The Morgan fingerprint density at radius 3 is 2.21 bits per heavy atom. The number of nitrogens with one attached hydrogen (secondary N) is 1. The molecule has 0 heterocycles. The molecule has 2 amide bonds. The van der Waals surface area contributed by atoms with Gasteiger partial charge < -0.3 is 15.0 Å². The van der Waals surface area contributed by atoms with E-state index in [9.17, 15) is 26.8 Å². The van der Waals surface area contributed by atoms with Crippen molar-refractivity contribution in [3.8, 4) is 5.75 Å². The monoisotopic (exact) mass is 615 g/mol. The molecule has 1 unspecified atom stereocenters. The number of amides is 2. The molecule has 0 saturated heterocycles. The van der Waals surface area contributed by atoms with Gasteiger partial charge in [-0.25, -0.2) is 17.2 Å². The summed E-state index contributed by atoms with van der Waals surface area (Å²) in [6, 6.07) is 18.5. The van der Waals surface area contributed by atoms with Crippen molar-refractivity contribution in [1.82, 2.24) is 10.2 Å². The number of methoxy groups -OCH3 is 1. The highest BCUT2D eigenvalue weighted by atomic mass is 32.2. The molecule has 0 aliphatic carbocycles. The molecule has 3 rings (SSSR count). The van der Waals surface area contributed by atoms with Crippen LogP contribution < -0.4 is 14.4 Å². The van der Waals surface area contributed by atoms with Crippen LogP contribution in [0.5, 0.6) is 5.75 Å². The Balaban J connectivity index is 1.93. The third kappa shape index (κ3) is 10.1. The number of ether oxygens (including phenoxy) is 1. The zero-order chi connectivity index (χ0) is 31.8. The molecule has 0 saturated carbocycles. The molecule has 1 N–H and O–H groups in total. The van der Waals surface area contributed by atoms with Crippen LogP contribution >= 0.6 is 0 Å². The second kappa shape index (κ2) is 14.5. The van der Waals surface area contributed by atoms with Crippen LogP contribution in [0.3, 0.4) is 0 Å². The Hall–Kier alpha value is -3.99. The maximum atomic E-state index is 13.9. The molecule has 0 spiro atoms. The van der Waals surface area contributed by atoms with E-state index >= 15 is 0 Å². The number of sulfonamides is 1. The zero-order valence-electron chi connectivity index (χ0n) is 25.1. The fraction of sp³-hybridized carbons (Fsp3) is 0.375. The minimum Gasteiger partial charge on any atom is -0.497 e. The first kappa shape index (κ1) is 33.5. The minimum absolute atomic E-state index is 0.0476. The normalized spacial score (nSPS) is 12.3. The standard InChI is InChI=1S/C32H39F2N3O5S/c1-32(2,3)35-31(39)29(20-23-11-7-6-8-12-23)36(22-24-13-9-14-26(19-24)42-4)30(38)15-10-18-37(43(5,40)41)25-16-17-27(33)28(34)21-25/h6-9,11-14,16-17,19,21,29H,10,15,18,20,22H2,1-5H3,(H,35,39). The molecule has 3 aromatic carbocycles. The highest BCUT2D eigenvalue weighted by molar-refractivity contribution is 7.92. The van der Waals surface area contributed by atoms with Gasteiger partial charge in [0, 0.05) is 37.5 Å². The molecule has 8 nitrogen and oxygen atoms in total. The number of rotatable bonds is 13. The molecule has 0 bridgehead atoms. The van der Waals surface area contributed by atoms with Gasteiger partial charge in [-0.2, -0.15) is 0 Å². The van der Waals surface area contributed by atoms with E-state index in [1.165, 1.54) is 18.1 Å². The predicted molar refractivity (Wildman–Crippen MR) is 163 cm³/mol. The summed E-state index contributed by atoms with van der Waals surface area (Å²) in [6.07, 6.45) is 1.17. The topological polar surface area (TPSA) is 96.0 Å². The highest BCUT2D eigenvalue weighted by Gasteiger charge is 2.32. The molecule has 3 aromatic rings. The summed E-state index contributed by atoms with van der Waals surface area (Å²) in [7, 11) is -2.33. The molecule has 43 heavy (non-hydrogen) atoms. The Bertz CT molecular complexity index is 1510. The maximum Gasteiger partial charge on any atom is 0.243 e. The van der Waals surface area contributed by atoms with Gasteiger partial charge in [0.2, 0.25) is 21.8 Å². The van der Waals surface area contributed by atoms with Crippen molar-refractivity contribution in [3.05, 3.63) is 95.6 Å². The van der Waals surface area contributed by atoms with Crippen molar-refractivity contribution >= 4 is 27.5 Å². The Labute approximate surface area is 252 Å². The lowest BCUT2D eigenvalue weighted by Crippen LogP contribution is -2.54. The van der Waals surface area contributed by atoms with E-state index in [2.05, 4.69) is 5.32 Å². The van der Waals surface area contributed by atoms with E-state index in [-0.39, 0.29) is 49.9 Å². The SMILES string of the molecule is COc1cccc(CN(C(=O)CCCN(c2ccc(F)c(F)c2)S(C)(=O)=O)C(Cc2ccccc2)C(=O)NC(C)(C)C)c1. The number of hydrogen-bond acceptors (Lipinski definition) is 5. The van der Waals surface area contributed by atoms with E-state index in [1.807, 2.05) is 57.2 Å². The number of carbonyl (C=O) groups is 2. The molecular formula is C32H39F2N3O5S. The van der Waals surface area contributed by atoms with Crippen LogP contribution in [0.15, 0.2) is 72.8 Å². The predicted octanol–water partition coefficient (Wildman–Crippen LogP) is 5.07. The molecule has 11 heteroatoms. The Morgan fingerprint density at radius 1 is 0.930 bits per heavy atom. The molecule has 0 radical (unpaired) electrons. The zero-order valence-corrected chi connectivity index (χ0v) is 26.0. The molecular weight excluding hydrogens is 576 g/mol. The van der Waals surface area contributed by atoms with Gasteiger partial charge in [0.1, 0.15) is 11.8 Å². The maximum absolute atomic E-state index is 13.9. The van der Waals surface area contributed by atoms with Crippen LogP contribution in [-0.2, 0) is 32.6 Å². The second-order valence-corrected chi connectivity index (χ2v) is 13.3. The van der Waals surface area contributed by atoms with Crippen LogP contribution in [0.2, 0.25) is 0 Å². The summed E-state index contributed by atoms with van der Waals surface area (Å²) in [4.78, 5) is 29.1. The summed E-state index contributed by atoms with van der Waals surface area (Å²) >= 11 is 0. The average Bonchev–Trinajstić information content (AvgIpc) is 2.93. The van der Waals surface area contributed by atoms with Crippen molar-refractivity contribution in [2.24, 2.45) is 0 Å². The fourth-order valence-electron chi connectivity index (χ4n) is 4.62. The van der Waals surface area contributed by atoms with Gasteiger partial charge in [-0.1, -0.05) is 42.5 Å². The number of hydrogen-bond donors (Lipinski definition) is 1. The van der Waals surface area contributed by atoms with Crippen molar-refractivity contribution in [2.75, 3.05) is 24.2 Å². The quantitative estimate of drug-likeness (QED) is 0.290. The smallest absolute Gasteiger partial charge is 0.243 e. The number of carbonyl (C=O) groups excluding carboxylic acids is 2. The first-order valence-electron chi connectivity index (χ1n) is 13.9. The van der Waals surface area contributed by atoms with E-state index in [1.54, 1.807) is 18.2 Å². The highest BCUT2D eigenvalue weighted by Crippen LogP contribution is 2.23. The number of halogens is 2.